The smallest absolute Gasteiger partial charge is 0.170 e. The van der Waals surface area contributed by atoms with Gasteiger partial charge < -0.3 is 19.9 Å². The van der Waals surface area contributed by atoms with Gasteiger partial charge in [-0.1, -0.05) is 12.1 Å². The van der Waals surface area contributed by atoms with Crippen LogP contribution >= 0.6 is 0 Å². The molecule has 1 heterocycles. The Labute approximate surface area is 108 Å². The van der Waals surface area contributed by atoms with E-state index in [1.165, 1.54) is 5.56 Å². The van der Waals surface area contributed by atoms with E-state index in [0.717, 1.165) is 18.6 Å². The van der Waals surface area contributed by atoms with Crippen molar-refractivity contribution >= 4 is 0 Å². The Balaban J connectivity index is 1.95. The maximum Gasteiger partial charge on any atom is 0.170 e. The molecule has 2 rings (SSSR count). The molecule has 100 valence electrons. The Morgan fingerprint density at radius 1 is 1.39 bits per heavy atom. The Bertz CT molecular complexity index is 379. The van der Waals surface area contributed by atoms with Gasteiger partial charge in [0.05, 0.1) is 19.8 Å². The summed E-state index contributed by atoms with van der Waals surface area (Å²) in [5, 5.41) is 0. The third kappa shape index (κ3) is 3.22. The number of nitrogens with two attached hydrogens (primary N) is 1. The molecule has 18 heavy (non-hydrogen) atoms. The topological polar surface area (TPSA) is 53.7 Å². The van der Waals surface area contributed by atoms with Crippen LogP contribution in [0.2, 0.25) is 0 Å². The fourth-order valence-corrected chi connectivity index (χ4v) is 2.22. The number of ether oxygens (including phenoxy) is 3. The van der Waals surface area contributed by atoms with Crippen LogP contribution in [0.15, 0.2) is 24.3 Å². The van der Waals surface area contributed by atoms with Gasteiger partial charge in [-0.05, 0) is 37.6 Å². The highest BCUT2D eigenvalue weighted by Crippen LogP contribution is 2.29. The zero-order valence-electron chi connectivity index (χ0n) is 11.0. The molecule has 2 unspecified atom stereocenters. The largest absolute Gasteiger partial charge is 0.497 e. The molecule has 1 aromatic carbocycles. The summed E-state index contributed by atoms with van der Waals surface area (Å²) in [5.74, 6) is 0.326. The van der Waals surface area contributed by atoms with Gasteiger partial charge >= 0.3 is 0 Å². The maximum absolute atomic E-state index is 5.92. The normalized spacial score (nSPS) is 27.4. The lowest BCUT2D eigenvalue weighted by atomic mass is 10.1. The van der Waals surface area contributed by atoms with Crippen molar-refractivity contribution in [3.8, 4) is 5.75 Å². The molecule has 4 nitrogen and oxygen atoms in total. The summed E-state index contributed by atoms with van der Waals surface area (Å²) in [5.41, 5.74) is 6.70. The standard InChI is InChI=1S/C14H21NO3/c1-14(17-10-13(18-14)7-8-15)9-11-3-5-12(16-2)6-4-11/h3-6,13H,7-10,15H2,1-2H3. The van der Waals surface area contributed by atoms with E-state index in [1.54, 1.807) is 7.11 Å². The van der Waals surface area contributed by atoms with Gasteiger partial charge in [0.2, 0.25) is 0 Å². The van der Waals surface area contributed by atoms with Crippen molar-refractivity contribution in [3.63, 3.8) is 0 Å². The molecular formula is C14H21NO3. The van der Waals surface area contributed by atoms with Crippen LogP contribution in [0.5, 0.6) is 5.75 Å². The lowest BCUT2D eigenvalue weighted by molar-refractivity contribution is -0.152. The molecule has 1 saturated heterocycles. The molecule has 0 aromatic heterocycles. The van der Waals surface area contributed by atoms with Crippen molar-refractivity contribution < 1.29 is 14.2 Å². The number of hydrogen-bond acceptors (Lipinski definition) is 4. The number of methoxy groups -OCH3 is 1. The van der Waals surface area contributed by atoms with E-state index >= 15 is 0 Å². The third-order valence-electron chi connectivity index (χ3n) is 3.16. The molecule has 0 aliphatic carbocycles. The lowest BCUT2D eigenvalue weighted by Gasteiger charge is -2.23. The summed E-state index contributed by atoms with van der Waals surface area (Å²) in [6.07, 6.45) is 1.70. The van der Waals surface area contributed by atoms with Gasteiger partial charge in [-0.2, -0.15) is 0 Å². The summed E-state index contributed by atoms with van der Waals surface area (Å²) >= 11 is 0. The van der Waals surface area contributed by atoms with Crippen molar-refractivity contribution in [3.05, 3.63) is 29.8 Å². The van der Waals surface area contributed by atoms with Crippen molar-refractivity contribution in [2.24, 2.45) is 5.73 Å². The van der Waals surface area contributed by atoms with Gasteiger partial charge in [-0.3, -0.25) is 0 Å². The first-order valence-electron chi connectivity index (χ1n) is 6.30. The average Bonchev–Trinajstić information content (AvgIpc) is 2.72. The summed E-state index contributed by atoms with van der Waals surface area (Å²) in [7, 11) is 1.66. The van der Waals surface area contributed by atoms with E-state index in [1.807, 2.05) is 31.2 Å². The van der Waals surface area contributed by atoms with Gasteiger partial charge in [-0.25, -0.2) is 0 Å². The van der Waals surface area contributed by atoms with E-state index in [2.05, 4.69) is 0 Å². The highest BCUT2D eigenvalue weighted by molar-refractivity contribution is 5.27. The van der Waals surface area contributed by atoms with Crippen molar-refractivity contribution in [2.75, 3.05) is 20.3 Å². The van der Waals surface area contributed by atoms with Crippen LogP contribution < -0.4 is 10.5 Å². The van der Waals surface area contributed by atoms with Crippen LogP contribution in [0.25, 0.3) is 0 Å². The Hall–Kier alpha value is -1.10. The van der Waals surface area contributed by atoms with Crippen LogP contribution in [0.3, 0.4) is 0 Å². The van der Waals surface area contributed by atoms with Gasteiger partial charge in [0.1, 0.15) is 5.75 Å². The van der Waals surface area contributed by atoms with E-state index in [9.17, 15) is 0 Å². The van der Waals surface area contributed by atoms with Crippen molar-refractivity contribution in [2.45, 2.75) is 31.7 Å². The molecule has 0 radical (unpaired) electrons. The molecule has 0 spiro atoms. The first kappa shape index (κ1) is 13.3. The summed E-state index contributed by atoms with van der Waals surface area (Å²) in [6.45, 7) is 3.24. The van der Waals surface area contributed by atoms with Crippen LogP contribution in [-0.2, 0) is 15.9 Å². The Morgan fingerprint density at radius 2 is 2.11 bits per heavy atom. The number of benzene rings is 1. The lowest BCUT2D eigenvalue weighted by Crippen LogP contribution is -2.30. The highest BCUT2D eigenvalue weighted by atomic mass is 16.7. The molecule has 1 fully saturated rings. The van der Waals surface area contributed by atoms with Crippen LogP contribution in [0, 0.1) is 0 Å². The molecule has 1 aliphatic rings. The second-order valence-corrected chi connectivity index (χ2v) is 4.79. The second-order valence-electron chi connectivity index (χ2n) is 4.79. The minimum Gasteiger partial charge on any atom is -0.497 e. The van der Waals surface area contributed by atoms with E-state index < -0.39 is 5.79 Å². The first-order chi connectivity index (χ1) is 8.65. The number of hydrogen-bond donors (Lipinski definition) is 1. The second kappa shape index (κ2) is 5.69. The Kier molecular flexibility index (Phi) is 4.22. The first-order valence-corrected chi connectivity index (χ1v) is 6.30. The number of rotatable bonds is 5. The fourth-order valence-electron chi connectivity index (χ4n) is 2.22. The van der Waals surface area contributed by atoms with Gasteiger partial charge in [0, 0.05) is 6.42 Å². The fraction of sp³-hybridized carbons (Fsp3) is 0.571. The summed E-state index contributed by atoms with van der Waals surface area (Å²) < 4.78 is 16.8. The predicted molar refractivity (Wildman–Crippen MR) is 69.6 cm³/mol. The molecule has 0 bridgehead atoms. The van der Waals surface area contributed by atoms with Crippen LogP contribution in [-0.4, -0.2) is 32.2 Å². The summed E-state index contributed by atoms with van der Waals surface area (Å²) in [4.78, 5) is 0. The van der Waals surface area contributed by atoms with E-state index in [0.29, 0.717) is 13.2 Å². The zero-order chi connectivity index (χ0) is 13.0. The molecule has 0 amide bonds. The predicted octanol–water partition coefficient (Wildman–Crippen LogP) is 1.72. The monoisotopic (exact) mass is 251 g/mol. The zero-order valence-corrected chi connectivity index (χ0v) is 11.0. The minimum atomic E-state index is -0.533. The molecule has 4 heteroatoms. The molecule has 2 N–H and O–H groups in total. The Morgan fingerprint density at radius 3 is 2.72 bits per heavy atom. The third-order valence-corrected chi connectivity index (χ3v) is 3.16. The summed E-state index contributed by atoms with van der Waals surface area (Å²) in [6, 6.07) is 7.97. The molecule has 1 aromatic rings. The molecular weight excluding hydrogens is 230 g/mol. The van der Waals surface area contributed by atoms with E-state index in [4.69, 9.17) is 19.9 Å². The van der Waals surface area contributed by atoms with Crippen molar-refractivity contribution in [1.29, 1.82) is 0 Å². The van der Waals surface area contributed by atoms with Gasteiger partial charge in [0.15, 0.2) is 5.79 Å². The highest BCUT2D eigenvalue weighted by Gasteiger charge is 2.36. The molecule has 1 aliphatic heterocycles. The van der Waals surface area contributed by atoms with Crippen LogP contribution in [0.1, 0.15) is 18.9 Å². The van der Waals surface area contributed by atoms with Crippen LogP contribution in [0.4, 0.5) is 0 Å². The maximum atomic E-state index is 5.92. The minimum absolute atomic E-state index is 0.123. The SMILES string of the molecule is COc1ccc(CC2(C)OCC(CCN)O2)cc1. The van der Waals surface area contributed by atoms with Gasteiger partial charge in [-0.15, -0.1) is 0 Å². The molecule has 0 saturated carbocycles. The van der Waals surface area contributed by atoms with Crippen molar-refractivity contribution in [1.82, 2.24) is 0 Å². The molecule has 2 atom stereocenters. The quantitative estimate of drug-likeness (QED) is 0.865. The average molecular weight is 251 g/mol. The van der Waals surface area contributed by atoms with E-state index in [-0.39, 0.29) is 6.10 Å². The van der Waals surface area contributed by atoms with Gasteiger partial charge in [0.25, 0.3) is 0 Å².